The lowest BCUT2D eigenvalue weighted by Crippen LogP contribution is -3.14. The summed E-state index contributed by atoms with van der Waals surface area (Å²) in [4.78, 5) is 0.550. The van der Waals surface area contributed by atoms with Gasteiger partial charge in [0.05, 0.1) is 36.6 Å². The van der Waals surface area contributed by atoms with Crippen LogP contribution in [0.4, 0.5) is 13.2 Å². The van der Waals surface area contributed by atoms with E-state index in [1.807, 2.05) is 30.3 Å². The molecule has 1 aliphatic rings. The van der Waals surface area contributed by atoms with Crippen molar-refractivity contribution in [2.24, 2.45) is 0 Å². The van der Waals surface area contributed by atoms with Gasteiger partial charge in [-0.05, 0) is 19.1 Å². The number of alkyl halides is 3. The average molecular weight is 399 g/mol. The lowest BCUT2D eigenvalue weighted by Gasteiger charge is -2.35. The van der Waals surface area contributed by atoms with Crippen LogP contribution in [0.25, 0.3) is 0 Å². The molecule has 0 radical (unpaired) electrons. The molecule has 1 aliphatic heterocycles. The van der Waals surface area contributed by atoms with Crippen molar-refractivity contribution in [2.75, 3.05) is 26.2 Å². The standard InChI is InChI=1S/C19H21F3N2O2S/c1-15(16-7-3-2-4-8-16)23-11-13-24(14-12-23)27(25,26)18-10-6-5-9-17(18)19(20,21)22/h2-10,15H,11-14H2,1H3/p+1/t15-/m0/s1. The minimum absolute atomic E-state index is 0.193. The summed E-state index contributed by atoms with van der Waals surface area (Å²) in [5.41, 5.74) is 0.0451. The molecule has 1 fully saturated rings. The van der Waals surface area contributed by atoms with E-state index in [1.165, 1.54) is 21.3 Å². The smallest absolute Gasteiger partial charge is 0.327 e. The topological polar surface area (TPSA) is 41.8 Å². The lowest BCUT2D eigenvalue weighted by molar-refractivity contribution is -0.933. The van der Waals surface area contributed by atoms with Crippen molar-refractivity contribution in [3.63, 3.8) is 0 Å². The number of nitrogens with zero attached hydrogens (tertiary/aromatic N) is 1. The van der Waals surface area contributed by atoms with Crippen LogP contribution in [0.1, 0.15) is 24.1 Å². The van der Waals surface area contributed by atoms with Gasteiger partial charge >= 0.3 is 6.18 Å². The number of quaternary nitrogens is 1. The molecule has 0 aliphatic carbocycles. The molecule has 2 aromatic carbocycles. The van der Waals surface area contributed by atoms with Gasteiger partial charge in [0, 0.05) is 5.56 Å². The Morgan fingerprint density at radius 1 is 0.963 bits per heavy atom. The summed E-state index contributed by atoms with van der Waals surface area (Å²) in [6.45, 7) is 3.56. The molecule has 0 unspecified atom stereocenters. The Bertz CT molecular complexity index is 877. The molecule has 1 N–H and O–H groups in total. The third kappa shape index (κ3) is 4.17. The van der Waals surface area contributed by atoms with E-state index in [9.17, 15) is 21.6 Å². The molecule has 0 amide bonds. The number of rotatable bonds is 4. The Kier molecular flexibility index (Phi) is 5.60. The number of sulfonamides is 1. The van der Waals surface area contributed by atoms with Crippen LogP contribution in [-0.4, -0.2) is 38.9 Å². The SMILES string of the molecule is C[C@@H](c1ccccc1)[NH+]1CCN(S(=O)(=O)c2ccccc2C(F)(F)F)CC1. The number of hydrogen-bond donors (Lipinski definition) is 1. The van der Waals surface area contributed by atoms with E-state index in [1.54, 1.807) is 0 Å². The van der Waals surface area contributed by atoms with E-state index in [0.29, 0.717) is 13.1 Å². The summed E-state index contributed by atoms with van der Waals surface area (Å²) in [5.74, 6) is 0. The first-order valence-electron chi connectivity index (χ1n) is 8.77. The second-order valence-corrected chi connectivity index (χ2v) is 8.59. The molecule has 0 spiro atoms. The van der Waals surface area contributed by atoms with Gasteiger partial charge in [-0.25, -0.2) is 8.42 Å². The number of piperazine rings is 1. The third-order valence-corrected chi connectivity index (χ3v) is 7.04. The fourth-order valence-electron chi connectivity index (χ4n) is 3.49. The average Bonchev–Trinajstić information content (AvgIpc) is 2.67. The van der Waals surface area contributed by atoms with Gasteiger partial charge in [-0.3, -0.25) is 0 Å². The molecule has 8 heteroatoms. The number of benzene rings is 2. The number of hydrogen-bond acceptors (Lipinski definition) is 2. The van der Waals surface area contributed by atoms with Gasteiger partial charge in [-0.2, -0.15) is 17.5 Å². The number of halogens is 3. The van der Waals surface area contributed by atoms with Gasteiger partial charge in [0.1, 0.15) is 6.04 Å². The maximum atomic E-state index is 13.2. The summed E-state index contributed by atoms with van der Waals surface area (Å²) in [6.07, 6.45) is -4.71. The summed E-state index contributed by atoms with van der Waals surface area (Å²) in [6, 6.07) is 14.5. The van der Waals surface area contributed by atoms with Crippen LogP contribution in [0.15, 0.2) is 59.5 Å². The fourth-order valence-corrected chi connectivity index (χ4v) is 5.14. The molecule has 1 heterocycles. The van der Waals surface area contributed by atoms with Crippen LogP contribution >= 0.6 is 0 Å². The molecular weight excluding hydrogens is 377 g/mol. The first-order chi connectivity index (χ1) is 12.7. The van der Waals surface area contributed by atoms with E-state index in [0.717, 1.165) is 17.7 Å². The Morgan fingerprint density at radius 2 is 1.52 bits per heavy atom. The van der Waals surface area contributed by atoms with Crippen LogP contribution in [0.2, 0.25) is 0 Å². The molecule has 27 heavy (non-hydrogen) atoms. The van der Waals surface area contributed by atoms with Crippen molar-refractivity contribution in [1.29, 1.82) is 0 Å². The minimum Gasteiger partial charge on any atom is -0.327 e. The van der Waals surface area contributed by atoms with Crippen LogP contribution < -0.4 is 4.90 Å². The Morgan fingerprint density at radius 3 is 2.11 bits per heavy atom. The minimum atomic E-state index is -4.71. The zero-order chi connectivity index (χ0) is 19.7. The molecular formula is C19H22F3N2O2S+. The third-order valence-electron chi connectivity index (χ3n) is 5.09. The highest BCUT2D eigenvalue weighted by atomic mass is 32.2. The molecule has 1 atom stereocenters. The van der Waals surface area contributed by atoms with Crippen LogP contribution in [0, 0.1) is 0 Å². The summed E-state index contributed by atoms with van der Waals surface area (Å²) in [5, 5.41) is 0. The van der Waals surface area contributed by atoms with Crippen LogP contribution in [0.5, 0.6) is 0 Å². The van der Waals surface area contributed by atoms with E-state index in [2.05, 4.69) is 6.92 Å². The molecule has 0 aromatic heterocycles. The predicted octanol–water partition coefficient (Wildman–Crippen LogP) is 2.36. The zero-order valence-electron chi connectivity index (χ0n) is 14.9. The quantitative estimate of drug-likeness (QED) is 0.858. The van der Waals surface area contributed by atoms with Crippen LogP contribution in [0.3, 0.4) is 0 Å². The first kappa shape index (κ1) is 19.9. The second-order valence-electron chi connectivity index (χ2n) is 6.69. The fraction of sp³-hybridized carbons (Fsp3) is 0.368. The molecule has 1 saturated heterocycles. The van der Waals surface area contributed by atoms with Crippen LogP contribution in [-0.2, 0) is 16.2 Å². The first-order valence-corrected chi connectivity index (χ1v) is 10.2. The Labute approximate surface area is 157 Å². The molecule has 3 rings (SSSR count). The highest BCUT2D eigenvalue weighted by molar-refractivity contribution is 7.89. The van der Waals surface area contributed by atoms with Gasteiger partial charge in [0.2, 0.25) is 10.0 Å². The van der Waals surface area contributed by atoms with Crippen molar-refractivity contribution < 1.29 is 26.5 Å². The number of nitrogens with one attached hydrogen (secondary N) is 1. The zero-order valence-corrected chi connectivity index (χ0v) is 15.7. The van der Waals surface area contributed by atoms with Crippen molar-refractivity contribution >= 4 is 10.0 Å². The monoisotopic (exact) mass is 399 g/mol. The van der Waals surface area contributed by atoms with Gasteiger partial charge in [-0.15, -0.1) is 0 Å². The van der Waals surface area contributed by atoms with Gasteiger partial charge in [0.15, 0.2) is 0 Å². The van der Waals surface area contributed by atoms with Crippen molar-refractivity contribution in [3.8, 4) is 0 Å². The highest BCUT2D eigenvalue weighted by Crippen LogP contribution is 2.35. The van der Waals surface area contributed by atoms with Crippen molar-refractivity contribution in [1.82, 2.24) is 4.31 Å². The highest BCUT2D eigenvalue weighted by Gasteiger charge is 2.40. The molecule has 4 nitrogen and oxygen atoms in total. The van der Waals surface area contributed by atoms with Gasteiger partial charge in [0.25, 0.3) is 0 Å². The summed E-state index contributed by atoms with van der Waals surface area (Å²) >= 11 is 0. The van der Waals surface area contributed by atoms with Crippen molar-refractivity contribution in [3.05, 3.63) is 65.7 Å². The largest absolute Gasteiger partial charge is 0.417 e. The van der Waals surface area contributed by atoms with E-state index < -0.39 is 26.7 Å². The lowest BCUT2D eigenvalue weighted by atomic mass is 10.1. The normalized spacial score (nSPS) is 18.4. The predicted molar refractivity (Wildman–Crippen MR) is 95.8 cm³/mol. The Hall–Kier alpha value is -1.90. The molecule has 0 saturated carbocycles. The van der Waals surface area contributed by atoms with E-state index in [-0.39, 0.29) is 19.1 Å². The molecule has 2 aromatic rings. The summed E-state index contributed by atoms with van der Waals surface area (Å²) in [7, 11) is -4.19. The second kappa shape index (κ2) is 7.61. The van der Waals surface area contributed by atoms with E-state index >= 15 is 0 Å². The molecule has 0 bridgehead atoms. The van der Waals surface area contributed by atoms with Gasteiger partial charge in [-0.1, -0.05) is 42.5 Å². The summed E-state index contributed by atoms with van der Waals surface area (Å²) < 4.78 is 66.4. The van der Waals surface area contributed by atoms with Crippen molar-refractivity contribution in [2.45, 2.75) is 24.0 Å². The Balaban J connectivity index is 1.76. The van der Waals surface area contributed by atoms with E-state index in [4.69, 9.17) is 0 Å². The maximum absolute atomic E-state index is 13.2. The van der Waals surface area contributed by atoms with Gasteiger partial charge < -0.3 is 4.90 Å². The maximum Gasteiger partial charge on any atom is 0.417 e. The molecule has 146 valence electrons.